The quantitative estimate of drug-likeness (QED) is 0.902. The third kappa shape index (κ3) is 2.83. The van der Waals surface area contributed by atoms with Crippen LogP contribution in [0.2, 0.25) is 0 Å². The second-order valence-corrected chi connectivity index (χ2v) is 5.58. The van der Waals surface area contributed by atoms with Gasteiger partial charge in [0.2, 0.25) is 0 Å². The van der Waals surface area contributed by atoms with Crippen molar-refractivity contribution in [2.75, 3.05) is 32.9 Å². The van der Waals surface area contributed by atoms with E-state index in [9.17, 15) is 5.11 Å². The molecule has 0 saturated carbocycles. The van der Waals surface area contributed by atoms with Gasteiger partial charge in [-0.2, -0.15) is 0 Å². The van der Waals surface area contributed by atoms with E-state index in [1.165, 1.54) is 42.4 Å². The van der Waals surface area contributed by atoms with E-state index in [0.29, 0.717) is 0 Å². The smallest absolute Gasteiger partial charge is 0.0628 e. The zero-order valence-electron chi connectivity index (χ0n) is 11.5. The van der Waals surface area contributed by atoms with E-state index in [0.717, 1.165) is 26.3 Å². The number of fused-ring (bicyclic) bond motifs is 1. The van der Waals surface area contributed by atoms with Gasteiger partial charge in [0.25, 0.3) is 0 Å². The molecule has 3 rings (SSSR count). The Kier molecular flexibility index (Phi) is 4.16. The van der Waals surface area contributed by atoms with Gasteiger partial charge in [0, 0.05) is 13.1 Å². The molecule has 1 aliphatic heterocycles. The van der Waals surface area contributed by atoms with E-state index in [4.69, 9.17) is 4.74 Å². The third-order valence-electron chi connectivity index (χ3n) is 4.42. The highest BCUT2D eigenvalue weighted by molar-refractivity contribution is 5.35. The zero-order valence-corrected chi connectivity index (χ0v) is 11.5. The molecule has 0 amide bonds. The fraction of sp³-hybridized carbons (Fsp3) is 0.625. The van der Waals surface area contributed by atoms with Crippen molar-refractivity contribution in [3.05, 3.63) is 34.9 Å². The molecular formula is C16H23NO2. The number of ether oxygens (including phenoxy) is 1. The first-order chi connectivity index (χ1) is 9.38. The van der Waals surface area contributed by atoms with E-state index in [1.54, 1.807) is 0 Å². The lowest BCUT2D eigenvalue weighted by atomic mass is 9.89. The summed E-state index contributed by atoms with van der Waals surface area (Å²) in [6.45, 7) is 3.59. The zero-order chi connectivity index (χ0) is 13.1. The molecule has 1 atom stereocenters. The number of aryl methyl sites for hydroxylation is 2. The minimum atomic E-state index is 0.135. The summed E-state index contributed by atoms with van der Waals surface area (Å²) in [5.74, 6) is 0. The van der Waals surface area contributed by atoms with Crippen LogP contribution >= 0.6 is 0 Å². The van der Waals surface area contributed by atoms with Gasteiger partial charge in [0.15, 0.2) is 0 Å². The van der Waals surface area contributed by atoms with E-state index in [-0.39, 0.29) is 12.6 Å². The van der Waals surface area contributed by atoms with Crippen LogP contribution in [0, 0.1) is 0 Å². The maximum Gasteiger partial charge on any atom is 0.0628 e. The van der Waals surface area contributed by atoms with Crippen molar-refractivity contribution in [3.63, 3.8) is 0 Å². The van der Waals surface area contributed by atoms with Crippen LogP contribution in [0.1, 0.15) is 35.6 Å². The summed E-state index contributed by atoms with van der Waals surface area (Å²) in [7, 11) is 0. The van der Waals surface area contributed by atoms with Crippen LogP contribution in [0.15, 0.2) is 18.2 Å². The Morgan fingerprint density at radius 1 is 1.11 bits per heavy atom. The van der Waals surface area contributed by atoms with Gasteiger partial charge in [-0.05, 0) is 42.4 Å². The molecule has 3 heteroatoms. The molecular weight excluding hydrogens is 238 g/mol. The third-order valence-corrected chi connectivity index (χ3v) is 4.42. The SMILES string of the molecule is OCC(c1ccc2c(c1)CCCC2)N1CCOCC1. The molecule has 1 aromatic carbocycles. The van der Waals surface area contributed by atoms with Crippen molar-refractivity contribution in [2.24, 2.45) is 0 Å². The molecule has 1 aliphatic carbocycles. The maximum absolute atomic E-state index is 9.75. The first-order valence-corrected chi connectivity index (χ1v) is 7.43. The second-order valence-electron chi connectivity index (χ2n) is 5.58. The number of benzene rings is 1. The number of aliphatic hydroxyl groups excluding tert-OH is 1. The molecule has 1 heterocycles. The van der Waals surface area contributed by atoms with Crippen LogP contribution in [0.4, 0.5) is 0 Å². The first-order valence-electron chi connectivity index (χ1n) is 7.43. The summed E-state index contributed by atoms with van der Waals surface area (Å²) in [6, 6.07) is 6.94. The van der Waals surface area contributed by atoms with E-state index in [2.05, 4.69) is 23.1 Å². The maximum atomic E-state index is 9.75. The molecule has 2 aliphatic rings. The van der Waals surface area contributed by atoms with Crippen molar-refractivity contribution in [1.82, 2.24) is 4.90 Å². The summed E-state index contributed by atoms with van der Waals surface area (Å²) in [4.78, 5) is 2.34. The van der Waals surface area contributed by atoms with Crippen molar-refractivity contribution in [1.29, 1.82) is 0 Å². The lowest BCUT2D eigenvalue weighted by molar-refractivity contribution is 0.00257. The molecule has 104 valence electrons. The van der Waals surface area contributed by atoms with Crippen LogP contribution in [0.5, 0.6) is 0 Å². The van der Waals surface area contributed by atoms with Gasteiger partial charge in [0.05, 0.1) is 25.9 Å². The number of hydrogen-bond acceptors (Lipinski definition) is 3. The molecule has 1 fully saturated rings. The highest BCUT2D eigenvalue weighted by Gasteiger charge is 2.22. The Morgan fingerprint density at radius 3 is 2.58 bits per heavy atom. The number of morpholine rings is 1. The van der Waals surface area contributed by atoms with Crippen LogP contribution in [0.25, 0.3) is 0 Å². The molecule has 3 nitrogen and oxygen atoms in total. The predicted octanol–water partition coefficient (Wildman–Crippen LogP) is 1.93. The van der Waals surface area contributed by atoms with Crippen molar-refractivity contribution >= 4 is 0 Å². The minimum Gasteiger partial charge on any atom is -0.394 e. The van der Waals surface area contributed by atoms with Gasteiger partial charge in [-0.1, -0.05) is 18.2 Å². The van der Waals surface area contributed by atoms with Crippen LogP contribution in [0.3, 0.4) is 0 Å². The molecule has 1 unspecified atom stereocenters. The largest absolute Gasteiger partial charge is 0.394 e. The number of rotatable bonds is 3. The molecule has 0 spiro atoms. The summed E-state index contributed by atoms with van der Waals surface area (Å²) in [5, 5.41) is 9.75. The molecule has 1 saturated heterocycles. The average Bonchev–Trinajstić information content (AvgIpc) is 2.49. The highest BCUT2D eigenvalue weighted by atomic mass is 16.5. The lowest BCUT2D eigenvalue weighted by Crippen LogP contribution is -2.40. The minimum absolute atomic E-state index is 0.135. The predicted molar refractivity (Wildman–Crippen MR) is 75.3 cm³/mol. The summed E-state index contributed by atoms with van der Waals surface area (Å²) in [6.07, 6.45) is 5.04. The summed E-state index contributed by atoms with van der Waals surface area (Å²) >= 11 is 0. The van der Waals surface area contributed by atoms with E-state index in [1.807, 2.05) is 0 Å². The van der Waals surface area contributed by atoms with Crippen molar-refractivity contribution in [2.45, 2.75) is 31.7 Å². The van der Waals surface area contributed by atoms with E-state index < -0.39 is 0 Å². The van der Waals surface area contributed by atoms with Crippen molar-refractivity contribution in [3.8, 4) is 0 Å². The monoisotopic (exact) mass is 261 g/mol. The Morgan fingerprint density at radius 2 is 1.84 bits per heavy atom. The lowest BCUT2D eigenvalue weighted by Gasteiger charge is -2.34. The van der Waals surface area contributed by atoms with E-state index >= 15 is 0 Å². The molecule has 0 aromatic heterocycles. The van der Waals surface area contributed by atoms with Gasteiger partial charge >= 0.3 is 0 Å². The first kappa shape index (κ1) is 13.1. The Labute approximate surface area is 115 Å². The van der Waals surface area contributed by atoms with Crippen LogP contribution in [-0.2, 0) is 17.6 Å². The topological polar surface area (TPSA) is 32.7 Å². The number of hydrogen-bond donors (Lipinski definition) is 1. The van der Waals surface area contributed by atoms with Crippen LogP contribution < -0.4 is 0 Å². The van der Waals surface area contributed by atoms with Crippen molar-refractivity contribution < 1.29 is 9.84 Å². The Bertz CT molecular complexity index is 427. The highest BCUT2D eigenvalue weighted by Crippen LogP contribution is 2.27. The molecule has 1 N–H and O–H groups in total. The molecule has 19 heavy (non-hydrogen) atoms. The van der Waals surface area contributed by atoms with Crippen LogP contribution in [-0.4, -0.2) is 42.9 Å². The van der Waals surface area contributed by atoms with Gasteiger partial charge in [-0.3, -0.25) is 4.90 Å². The summed E-state index contributed by atoms with van der Waals surface area (Å²) < 4.78 is 5.40. The average molecular weight is 261 g/mol. The summed E-state index contributed by atoms with van der Waals surface area (Å²) in [5.41, 5.74) is 4.27. The standard InChI is InChI=1S/C16H23NO2/c18-12-16(17-7-9-19-10-8-17)15-6-5-13-3-1-2-4-14(13)11-15/h5-6,11,16,18H,1-4,7-10,12H2. The van der Waals surface area contributed by atoms with Gasteiger partial charge in [0.1, 0.15) is 0 Å². The fourth-order valence-corrected chi connectivity index (χ4v) is 3.28. The van der Waals surface area contributed by atoms with Gasteiger partial charge in [-0.15, -0.1) is 0 Å². The number of aliphatic hydroxyl groups is 1. The van der Waals surface area contributed by atoms with Gasteiger partial charge < -0.3 is 9.84 Å². The Hall–Kier alpha value is -0.900. The second kappa shape index (κ2) is 6.04. The normalized spacial score (nSPS) is 21.9. The molecule has 1 aromatic rings. The molecule has 0 bridgehead atoms. The van der Waals surface area contributed by atoms with Gasteiger partial charge in [-0.25, -0.2) is 0 Å². The Balaban J connectivity index is 1.82. The number of nitrogens with zero attached hydrogens (tertiary/aromatic N) is 1. The fourth-order valence-electron chi connectivity index (χ4n) is 3.28. The molecule has 0 radical (unpaired) electrons.